The molecule has 10 rings (SSSR count). The Morgan fingerprint density at radius 3 is 1.04 bits per heavy atom. The molecule has 0 saturated carbocycles. The Labute approximate surface area is 300 Å². The lowest BCUT2D eigenvalue weighted by Crippen LogP contribution is -1.91. The first-order valence-electron chi connectivity index (χ1n) is 17.3. The largest absolute Gasteiger partial charge is 0.444 e. The molecule has 2 aromatic heterocycles. The standard InChI is InChI=1S/C48H30N2O2/c1-3-7-33(8-4-1)41-25-45-43-23-37(31-11-15-35(16-12-31)47-27-49-29-51-47)19-21-39(43)40-22-20-38(32-13-17-36(18-14-32)48-28-50-30-52-48)24-44(40)46(45)26-42(41)34-9-5-2-6-10-34/h1-30H. The molecule has 10 aromatic rings. The van der Waals surface area contributed by atoms with E-state index in [0.717, 1.165) is 44.9 Å². The van der Waals surface area contributed by atoms with Crippen LogP contribution in [-0.2, 0) is 0 Å². The maximum Gasteiger partial charge on any atom is 0.181 e. The number of nitrogens with zero attached hydrogens (tertiary/aromatic N) is 2. The molecular weight excluding hydrogens is 637 g/mol. The Morgan fingerprint density at radius 2 is 0.654 bits per heavy atom. The quantitative estimate of drug-likeness (QED) is 0.166. The van der Waals surface area contributed by atoms with E-state index in [4.69, 9.17) is 8.83 Å². The molecule has 0 spiro atoms. The van der Waals surface area contributed by atoms with Gasteiger partial charge in [-0.3, -0.25) is 0 Å². The van der Waals surface area contributed by atoms with E-state index in [1.807, 2.05) is 0 Å². The van der Waals surface area contributed by atoms with Crippen LogP contribution in [0.4, 0.5) is 0 Å². The van der Waals surface area contributed by atoms with Crippen molar-refractivity contribution in [2.24, 2.45) is 0 Å². The monoisotopic (exact) mass is 666 g/mol. The van der Waals surface area contributed by atoms with Crippen LogP contribution < -0.4 is 0 Å². The highest BCUT2D eigenvalue weighted by molar-refractivity contribution is 6.27. The van der Waals surface area contributed by atoms with Crippen LogP contribution in [0, 0.1) is 0 Å². The maximum absolute atomic E-state index is 5.54. The van der Waals surface area contributed by atoms with Crippen LogP contribution in [-0.4, -0.2) is 9.97 Å². The van der Waals surface area contributed by atoms with Crippen molar-refractivity contribution < 1.29 is 8.83 Å². The second-order valence-electron chi connectivity index (χ2n) is 13.1. The molecule has 0 N–H and O–H groups in total. The summed E-state index contributed by atoms with van der Waals surface area (Å²) in [5, 5.41) is 7.34. The maximum atomic E-state index is 5.54. The normalized spacial score (nSPS) is 11.5. The van der Waals surface area contributed by atoms with E-state index in [2.05, 4.69) is 168 Å². The van der Waals surface area contributed by atoms with Crippen LogP contribution in [0.25, 0.3) is 99.5 Å². The Balaban J connectivity index is 1.22. The van der Waals surface area contributed by atoms with Gasteiger partial charge in [-0.2, -0.15) is 0 Å². The van der Waals surface area contributed by atoms with Crippen molar-refractivity contribution in [3.63, 3.8) is 0 Å². The Morgan fingerprint density at radius 1 is 0.288 bits per heavy atom. The third-order valence-corrected chi connectivity index (χ3v) is 10.1. The van der Waals surface area contributed by atoms with E-state index in [0.29, 0.717) is 0 Å². The Bertz CT molecular complexity index is 2640. The van der Waals surface area contributed by atoms with Crippen molar-refractivity contribution in [1.82, 2.24) is 9.97 Å². The average molecular weight is 667 g/mol. The predicted octanol–water partition coefficient (Wildman–Crippen LogP) is 13.1. The summed E-state index contributed by atoms with van der Waals surface area (Å²) in [5.74, 6) is 1.52. The molecule has 4 heteroatoms. The van der Waals surface area contributed by atoms with Crippen molar-refractivity contribution >= 4 is 32.3 Å². The number of rotatable bonds is 6. The van der Waals surface area contributed by atoms with Crippen molar-refractivity contribution in [1.29, 1.82) is 0 Å². The molecule has 0 radical (unpaired) electrons. The van der Waals surface area contributed by atoms with Crippen LogP contribution in [0.1, 0.15) is 0 Å². The minimum atomic E-state index is 0.760. The second kappa shape index (κ2) is 12.4. The van der Waals surface area contributed by atoms with E-state index < -0.39 is 0 Å². The van der Waals surface area contributed by atoms with Gasteiger partial charge in [-0.15, -0.1) is 0 Å². The summed E-state index contributed by atoms with van der Waals surface area (Å²) in [6.45, 7) is 0. The summed E-state index contributed by atoms with van der Waals surface area (Å²) >= 11 is 0. The highest BCUT2D eigenvalue weighted by Crippen LogP contribution is 2.44. The average Bonchev–Trinajstić information content (AvgIpc) is 3.97. The van der Waals surface area contributed by atoms with Crippen LogP contribution in [0.15, 0.2) is 192 Å². The molecule has 0 aliphatic heterocycles. The number of hydrogen-bond donors (Lipinski definition) is 0. The van der Waals surface area contributed by atoms with E-state index in [9.17, 15) is 0 Å². The van der Waals surface area contributed by atoms with Gasteiger partial charge in [0.15, 0.2) is 24.3 Å². The highest BCUT2D eigenvalue weighted by atomic mass is 16.3. The van der Waals surface area contributed by atoms with Crippen LogP contribution in [0.3, 0.4) is 0 Å². The topological polar surface area (TPSA) is 52.1 Å². The first-order chi connectivity index (χ1) is 25.8. The molecule has 0 atom stereocenters. The van der Waals surface area contributed by atoms with Gasteiger partial charge < -0.3 is 8.83 Å². The van der Waals surface area contributed by atoms with Crippen LogP contribution >= 0.6 is 0 Å². The molecule has 0 amide bonds. The molecule has 0 unspecified atom stereocenters. The zero-order valence-electron chi connectivity index (χ0n) is 28.0. The minimum absolute atomic E-state index is 0.760. The zero-order chi connectivity index (χ0) is 34.4. The minimum Gasteiger partial charge on any atom is -0.444 e. The SMILES string of the molecule is c1ccc(-c2cc3c4cc(-c5ccc(-c6cnco6)cc5)ccc4c4ccc(-c5ccc(-c6cnco6)cc5)cc4c3cc2-c2ccccc2)cc1. The van der Waals surface area contributed by atoms with Gasteiger partial charge in [0.05, 0.1) is 12.4 Å². The van der Waals surface area contributed by atoms with E-state index in [1.54, 1.807) is 12.4 Å². The summed E-state index contributed by atoms with van der Waals surface area (Å²) in [4.78, 5) is 8.17. The third-order valence-electron chi connectivity index (χ3n) is 10.1. The lowest BCUT2D eigenvalue weighted by atomic mass is 9.86. The van der Waals surface area contributed by atoms with Gasteiger partial charge in [-0.1, -0.05) is 133 Å². The van der Waals surface area contributed by atoms with Gasteiger partial charge in [0.2, 0.25) is 0 Å². The van der Waals surface area contributed by atoms with Crippen molar-refractivity contribution in [2.75, 3.05) is 0 Å². The van der Waals surface area contributed by atoms with Gasteiger partial charge in [0.25, 0.3) is 0 Å². The van der Waals surface area contributed by atoms with Gasteiger partial charge in [-0.05, 0) is 101 Å². The fraction of sp³-hybridized carbons (Fsp3) is 0. The summed E-state index contributed by atoms with van der Waals surface area (Å²) < 4.78 is 11.1. The number of oxazole rings is 2. The van der Waals surface area contributed by atoms with Gasteiger partial charge >= 0.3 is 0 Å². The van der Waals surface area contributed by atoms with Crippen molar-refractivity contribution in [3.8, 4) is 67.2 Å². The van der Waals surface area contributed by atoms with E-state index in [-0.39, 0.29) is 0 Å². The predicted molar refractivity (Wildman–Crippen MR) is 212 cm³/mol. The molecule has 244 valence electrons. The fourth-order valence-electron chi connectivity index (χ4n) is 7.49. The molecule has 0 aliphatic carbocycles. The summed E-state index contributed by atoms with van der Waals surface area (Å²) in [6, 6.07) is 57.0. The molecule has 4 nitrogen and oxygen atoms in total. The van der Waals surface area contributed by atoms with Crippen molar-refractivity contribution in [3.05, 3.63) is 183 Å². The number of hydrogen-bond acceptors (Lipinski definition) is 4. The summed E-state index contributed by atoms with van der Waals surface area (Å²) in [5.41, 5.74) is 11.4. The van der Waals surface area contributed by atoms with E-state index in [1.165, 1.54) is 67.4 Å². The second-order valence-corrected chi connectivity index (χ2v) is 13.1. The molecule has 8 aromatic carbocycles. The zero-order valence-corrected chi connectivity index (χ0v) is 28.0. The highest BCUT2D eigenvalue weighted by Gasteiger charge is 2.17. The number of aromatic nitrogens is 2. The van der Waals surface area contributed by atoms with Crippen LogP contribution in [0.5, 0.6) is 0 Å². The first-order valence-corrected chi connectivity index (χ1v) is 17.3. The summed E-state index contributed by atoms with van der Waals surface area (Å²) in [7, 11) is 0. The van der Waals surface area contributed by atoms with Crippen molar-refractivity contribution in [2.45, 2.75) is 0 Å². The third kappa shape index (κ3) is 5.17. The Hall–Kier alpha value is -7.04. The number of fused-ring (bicyclic) bond motifs is 6. The van der Waals surface area contributed by atoms with E-state index >= 15 is 0 Å². The molecule has 2 heterocycles. The van der Waals surface area contributed by atoms with Gasteiger partial charge in [0.1, 0.15) is 0 Å². The summed E-state index contributed by atoms with van der Waals surface area (Å²) in [6.07, 6.45) is 6.42. The molecule has 0 bridgehead atoms. The lowest BCUT2D eigenvalue weighted by molar-refractivity contribution is 0.571. The molecule has 0 saturated heterocycles. The molecular formula is C48H30N2O2. The van der Waals surface area contributed by atoms with Crippen LogP contribution in [0.2, 0.25) is 0 Å². The van der Waals surface area contributed by atoms with Gasteiger partial charge in [-0.25, -0.2) is 9.97 Å². The smallest absolute Gasteiger partial charge is 0.181 e. The molecule has 52 heavy (non-hydrogen) atoms. The fourth-order valence-corrected chi connectivity index (χ4v) is 7.49. The first kappa shape index (κ1) is 29.8. The molecule has 0 fully saturated rings. The number of benzene rings is 8. The Kier molecular flexibility index (Phi) is 7.10. The van der Waals surface area contributed by atoms with Gasteiger partial charge in [0, 0.05) is 11.1 Å². The lowest BCUT2D eigenvalue weighted by Gasteiger charge is -2.18. The molecule has 0 aliphatic rings.